The van der Waals surface area contributed by atoms with Crippen LogP contribution in [0.4, 0.5) is 11.4 Å². The second-order valence-electron chi connectivity index (χ2n) is 7.30. The molecule has 0 fully saturated rings. The van der Waals surface area contributed by atoms with Crippen molar-refractivity contribution in [3.63, 3.8) is 0 Å². The normalized spacial score (nSPS) is 11.0. The molecule has 3 aromatic carbocycles. The molecule has 0 unspecified atom stereocenters. The Bertz CT molecular complexity index is 1150. The highest BCUT2D eigenvalue weighted by atomic mass is 16.6. The average Bonchev–Trinajstić information content (AvgIpc) is 2.83. The number of rotatable bonds is 9. The van der Waals surface area contributed by atoms with Crippen molar-refractivity contribution >= 4 is 34.9 Å². The van der Waals surface area contributed by atoms with E-state index >= 15 is 0 Å². The molecule has 0 bridgehead atoms. The Kier molecular flexibility index (Phi) is 8.07. The van der Waals surface area contributed by atoms with E-state index in [9.17, 15) is 19.7 Å². The van der Waals surface area contributed by atoms with E-state index in [1.165, 1.54) is 12.1 Å². The lowest BCUT2D eigenvalue weighted by atomic mass is 10.0. The van der Waals surface area contributed by atoms with Gasteiger partial charge >= 0.3 is 5.97 Å². The van der Waals surface area contributed by atoms with E-state index in [0.717, 1.165) is 12.8 Å². The van der Waals surface area contributed by atoms with Crippen molar-refractivity contribution in [1.82, 2.24) is 0 Å². The molecule has 3 rings (SSSR count). The monoisotopic (exact) mass is 444 g/mol. The van der Waals surface area contributed by atoms with Crippen LogP contribution >= 0.6 is 0 Å². The molecule has 0 aromatic heterocycles. The van der Waals surface area contributed by atoms with Crippen LogP contribution < -0.4 is 5.32 Å². The number of nitro groups is 1. The molecule has 1 N–H and O–H groups in total. The summed E-state index contributed by atoms with van der Waals surface area (Å²) in [6.07, 6.45) is 3.35. The van der Waals surface area contributed by atoms with Gasteiger partial charge in [0.1, 0.15) is 0 Å². The number of nitrogens with zero attached hydrogens (tertiary/aromatic N) is 1. The van der Waals surface area contributed by atoms with Crippen LogP contribution in [0.2, 0.25) is 0 Å². The van der Waals surface area contributed by atoms with Crippen LogP contribution in [0.1, 0.15) is 41.3 Å². The Labute approximate surface area is 191 Å². The number of non-ortho nitro benzene ring substituents is 1. The number of hydrogen-bond acceptors (Lipinski definition) is 5. The largest absolute Gasteiger partial charge is 0.462 e. The molecule has 0 saturated heterocycles. The molecule has 0 aliphatic rings. The summed E-state index contributed by atoms with van der Waals surface area (Å²) in [5, 5.41) is 13.9. The molecular formula is C26H24N2O5. The average molecular weight is 444 g/mol. The highest BCUT2D eigenvalue weighted by Gasteiger charge is 2.14. The van der Waals surface area contributed by atoms with E-state index in [2.05, 4.69) is 5.32 Å². The van der Waals surface area contributed by atoms with Gasteiger partial charge in [-0.1, -0.05) is 55.8 Å². The van der Waals surface area contributed by atoms with E-state index in [-0.39, 0.29) is 11.6 Å². The molecule has 0 saturated carbocycles. The SMILES string of the molecule is CCCCOC(=O)c1ccc(NC(=O)/C(=C/c2cccc([N+](=O)[O-])c2)c2ccccc2)cc1. The highest BCUT2D eigenvalue weighted by Crippen LogP contribution is 2.23. The zero-order valence-electron chi connectivity index (χ0n) is 18.2. The number of nitrogens with one attached hydrogen (secondary N) is 1. The molecule has 0 aliphatic heterocycles. The number of esters is 1. The summed E-state index contributed by atoms with van der Waals surface area (Å²) in [6, 6.07) is 21.6. The lowest BCUT2D eigenvalue weighted by molar-refractivity contribution is -0.384. The Morgan fingerprint density at radius 1 is 0.970 bits per heavy atom. The Hall–Kier alpha value is -4.26. The van der Waals surface area contributed by atoms with Crippen molar-refractivity contribution in [2.75, 3.05) is 11.9 Å². The number of benzene rings is 3. The number of unbranched alkanes of at least 4 members (excludes halogenated alkanes) is 1. The summed E-state index contributed by atoms with van der Waals surface area (Å²) >= 11 is 0. The van der Waals surface area contributed by atoms with E-state index < -0.39 is 10.9 Å². The van der Waals surface area contributed by atoms with Crippen molar-refractivity contribution in [2.24, 2.45) is 0 Å². The van der Waals surface area contributed by atoms with Crippen LogP contribution in [-0.4, -0.2) is 23.4 Å². The van der Waals surface area contributed by atoms with Crippen LogP contribution in [0.5, 0.6) is 0 Å². The molecule has 0 radical (unpaired) electrons. The maximum Gasteiger partial charge on any atom is 0.338 e. The first-order valence-corrected chi connectivity index (χ1v) is 10.6. The summed E-state index contributed by atoms with van der Waals surface area (Å²) in [5.74, 6) is -0.789. The van der Waals surface area contributed by atoms with Crippen molar-refractivity contribution < 1.29 is 19.2 Å². The van der Waals surface area contributed by atoms with Crippen molar-refractivity contribution in [2.45, 2.75) is 19.8 Å². The minimum absolute atomic E-state index is 0.0574. The number of anilines is 1. The minimum atomic E-state index is -0.478. The number of carbonyl (C=O) groups excluding carboxylic acids is 2. The molecule has 0 aliphatic carbocycles. The summed E-state index contributed by atoms with van der Waals surface area (Å²) in [6.45, 7) is 2.39. The third-order valence-corrected chi connectivity index (χ3v) is 4.83. The van der Waals surface area contributed by atoms with Crippen LogP contribution in [0.3, 0.4) is 0 Å². The first kappa shape index (κ1) is 23.4. The second kappa shape index (κ2) is 11.4. The second-order valence-corrected chi connectivity index (χ2v) is 7.30. The Morgan fingerprint density at radius 3 is 2.36 bits per heavy atom. The topological polar surface area (TPSA) is 98.5 Å². The first-order valence-electron chi connectivity index (χ1n) is 10.6. The van der Waals surface area contributed by atoms with Gasteiger partial charge in [0.15, 0.2) is 0 Å². The quantitative estimate of drug-likeness (QED) is 0.113. The van der Waals surface area contributed by atoms with Gasteiger partial charge in [0.05, 0.1) is 17.1 Å². The molecule has 0 heterocycles. The lowest BCUT2D eigenvalue weighted by Crippen LogP contribution is -2.14. The van der Waals surface area contributed by atoms with Gasteiger partial charge in [-0.3, -0.25) is 14.9 Å². The van der Waals surface area contributed by atoms with Crippen molar-refractivity contribution in [3.05, 3.63) is 106 Å². The van der Waals surface area contributed by atoms with Crippen molar-refractivity contribution in [1.29, 1.82) is 0 Å². The smallest absolute Gasteiger partial charge is 0.338 e. The molecule has 7 nitrogen and oxygen atoms in total. The lowest BCUT2D eigenvalue weighted by Gasteiger charge is -2.11. The van der Waals surface area contributed by atoms with Crippen LogP contribution in [-0.2, 0) is 9.53 Å². The van der Waals surface area contributed by atoms with Gasteiger partial charge in [-0.2, -0.15) is 0 Å². The first-order chi connectivity index (χ1) is 16.0. The fourth-order valence-electron chi connectivity index (χ4n) is 3.07. The van der Waals surface area contributed by atoms with E-state index in [1.807, 2.05) is 25.1 Å². The van der Waals surface area contributed by atoms with Gasteiger partial charge < -0.3 is 10.1 Å². The Balaban J connectivity index is 1.82. The predicted molar refractivity (Wildman–Crippen MR) is 128 cm³/mol. The maximum atomic E-state index is 13.1. The minimum Gasteiger partial charge on any atom is -0.462 e. The fourth-order valence-corrected chi connectivity index (χ4v) is 3.07. The number of hydrogen-bond donors (Lipinski definition) is 1. The predicted octanol–water partition coefficient (Wildman–Crippen LogP) is 5.73. The van der Waals surface area contributed by atoms with Crippen LogP contribution in [0, 0.1) is 10.1 Å². The van der Waals surface area contributed by atoms with Gasteiger partial charge in [0, 0.05) is 23.4 Å². The molecule has 7 heteroatoms. The number of carbonyl (C=O) groups is 2. The number of ether oxygens (including phenoxy) is 1. The standard InChI is InChI=1S/C26H24N2O5/c1-2-3-16-33-26(30)21-12-14-22(15-13-21)27-25(29)24(20-9-5-4-6-10-20)18-19-8-7-11-23(17-19)28(31)32/h4-15,17-18H,2-3,16H2,1H3,(H,27,29)/b24-18+. The summed E-state index contributed by atoms with van der Waals surface area (Å²) in [5.41, 5.74) is 2.39. The molecule has 0 atom stereocenters. The Morgan fingerprint density at radius 2 is 1.70 bits per heavy atom. The molecular weight excluding hydrogens is 420 g/mol. The zero-order chi connectivity index (χ0) is 23.6. The number of amides is 1. The van der Waals surface area contributed by atoms with Gasteiger partial charge in [-0.05, 0) is 47.9 Å². The number of nitro benzene ring substituents is 1. The van der Waals surface area contributed by atoms with Gasteiger partial charge in [-0.15, -0.1) is 0 Å². The van der Waals surface area contributed by atoms with E-state index in [4.69, 9.17) is 4.74 Å². The van der Waals surface area contributed by atoms with Crippen molar-refractivity contribution in [3.8, 4) is 0 Å². The van der Waals surface area contributed by atoms with Gasteiger partial charge in [-0.25, -0.2) is 4.79 Å². The summed E-state index contributed by atoms with van der Waals surface area (Å²) < 4.78 is 5.20. The highest BCUT2D eigenvalue weighted by molar-refractivity contribution is 6.29. The molecule has 33 heavy (non-hydrogen) atoms. The molecule has 1 amide bonds. The molecule has 168 valence electrons. The summed E-state index contributed by atoms with van der Waals surface area (Å²) in [7, 11) is 0. The van der Waals surface area contributed by atoms with E-state index in [1.54, 1.807) is 54.6 Å². The third kappa shape index (κ3) is 6.61. The molecule has 3 aromatic rings. The third-order valence-electron chi connectivity index (χ3n) is 4.83. The van der Waals surface area contributed by atoms with Gasteiger partial charge in [0.25, 0.3) is 11.6 Å². The van der Waals surface area contributed by atoms with E-state index in [0.29, 0.717) is 34.6 Å². The zero-order valence-corrected chi connectivity index (χ0v) is 18.2. The fraction of sp³-hybridized carbons (Fsp3) is 0.154. The van der Waals surface area contributed by atoms with Crippen LogP contribution in [0.25, 0.3) is 11.6 Å². The van der Waals surface area contributed by atoms with Crippen LogP contribution in [0.15, 0.2) is 78.9 Å². The van der Waals surface area contributed by atoms with Gasteiger partial charge in [0.2, 0.25) is 0 Å². The molecule has 0 spiro atoms. The summed E-state index contributed by atoms with van der Waals surface area (Å²) in [4.78, 5) is 35.8. The maximum absolute atomic E-state index is 13.1.